The lowest BCUT2D eigenvalue weighted by molar-refractivity contribution is 0.415. The molecule has 1 unspecified atom stereocenters. The molecule has 1 aliphatic rings. The van der Waals surface area contributed by atoms with Crippen LogP contribution in [0.3, 0.4) is 0 Å². The molecular formula is C23H19N3O2. The molecule has 1 aliphatic heterocycles. The number of furan rings is 1. The van der Waals surface area contributed by atoms with Gasteiger partial charge in [-0.25, -0.2) is 4.99 Å². The van der Waals surface area contributed by atoms with E-state index in [0.29, 0.717) is 11.4 Å². The zero-order valence-electron chi connectivity index (χ0n) is 15.4. The van der Waals surface area contributed by atoms with Crippen LogP contribution in [-0.4, -0.2) is 7.11 Å². The van der Waals surface area contributed by atoms with E-state index in [-0.39, 0.29) is 6.17 Å². The summed E-state index contributed by atoms with van der Waals surface area (Å²) in [4.78, 5) is 6.89. The molecule has 0 fully saturated rings. The average Bonchev–Trinajstić information content (AvgIpc) is 3.23. The number of rotatable bonds is 3. The average molecular weight is 369 g/mol. The van der Waals surface area contributed by atoms with E-state index < -0.39 is 0 Å². The number of benzene rings is 3. The molecule has 5 nitrogen and oxygen atoms in total. The predicted molar refractivity (Wildman–Crippen MR) is 109 cm³/mol. The second-order valence-electron chi connectivity index (χ2n) is 6.70. The Balaban J connectivity index is 1.70. The molecule has 4 aromatic rings. The molecule has 28 heavy (non-hydrogen) atoms. The third-order valence-corrected chi connectivity index (χ3v) is 5.09. The second kappa shape index (κ2) is 6.46. The number of methoxy groups -OCH3 is 1. The Kier molecular flexibility index (Phi) is 3.79. The van der Waals surface area contributed by atoms with Crippen LogP contribution in [0, 0.1) is 0 Å². The van der Waals surface area contributed by atoms with Gasteiger partial charge in [0.1, 0.15) is 11.6 Å². The van der Waals surface area contributed by atoms with Gasteiger partial charge in [0.25, 0.3) is 0 Å². The van der Waals surface area contributed by atoms with Crippen LogP contribution in [0.5, 0.6) is 5.75 Å². The van der Waals surface area contributed by atoms with Crippen molar-refractivity contribution in [1.82, 2.24) is 0 Å². The molecule has 0 aliphatic carbocycles. The van der Waals surface area contributed by atoms with E-state index in [0.717, 1.165) is 27.6 Å². The number of nitrogens with two attached hydrogens (primary N) is 1. The number of ether oxygens (including phenoxy) is 1. The first kappa shape index (κ1) is 16.4. The first-order valence-corrected chi connectivity index (χ1v) is 9.08. The summed E-state index contributed by atoms with van der Waals surface area (Å²) in [7, 11) is 1.65. The van der Waals surface area contributed by atoms with Crippen molar-refractivity contribution >= 4 is 22.3 Å². The van der Waals surface area contributed by atoms with Crippen LogP contribution in [0.4, 0.5) is 5.69 Å². The number of hydrogen-bond donors (Lipinski definition) is 1. The number of fused-ring (bicyclic) bond motifs is 2. The minimum atomic E-state index is -0.323. The molecule has 0 saturated carbocycles. The highest BCUT2D eigenvalue weighted by Gasteiger charge is 2.27. The van der Waals surface area contributed by atoms with Gasteiger partial charge in [-0.3, -0.25) is 0 Å². The summed E-state index contributed by atoms with van der Waals surface area (Å²) in [6.45, 7) is 0. The molecule has 5 heteroatoms. The zero-order chi connectivity index (χ0) is 19.1. The van der Waals surface area contributed by atoms with Crippen molar-refractivity contribution in [2.45, 2.75) is 6.17 Å². The van der Waals surface area contributed by atoms with Crippen LogP contribution in [-0.2, 0) is 0 Å². The lowest BCUT2D eigenvalue weighted by Gasteiger charge is -2.33. The first-order chi connectivity index (χ1) is 13.7. The van der Waals surface area contributed by atoms with Gasteiger partial charge in [-0.2, -0.15) is 0 Å². The van der Waals surface area contributed by atoms with E-state index in [2.05, 4.69) is 30.3 Å². The van der Waals surface area contributed by atoms with E-state index in [9.17, 15) is 0 Å². The van der Waals surface area contributed by atoms with Crippen molar-refractivity contribution in [3.05, 3.63) is 95.4 Å². The van der Waals surface area contributed by atoms with Crippen molar-refractivity contribution in [2.24, 2.45) is 10.7 Å². The summed E-state index contributed by atoms with van der Waals surface area (Å²) in [6, 6.07) is 24.3. The van der Waals surface area contributed by atoms with Gasteiger partial charge in [0.05, 0.1) is 18.6 Å². The van der Waals surface area contributed by atoms with Gasteiger partial charge in [-0.05, 0) is 52.7 Å². The van der Waals surface area contributed by atoms with Crippen molar-refractivity contribution < 1.29 is 9.15 Å². The highest BCUT2D eigenvalue weighted by Crippen LogP contribution is 2.33. The molecule has 1 aromatic heterocycles. The van der Waals surface area contributed by atoms with E-state index in [1.807, 2.05) is 47.4 Å². The minimum Gasteiger partial charge on any atom is -0.497 e. The Morgan fingerprint density at radius 3 is 2.54 bits per heavy atom. The number of nitrogens with zero attached hydrogens (tertiary/aromatic N) is 2. The standard InChI is InChI=1S/C23H19N3O2/c1-27-19-10-8-18(9-11-19)26-21(24)20-12-13-28-23(20)25-22(26)17-7-6-15-4-2-3-5-16(15)14-17/h2-14,22H,24H2,1H3. The molecular weight excluding hydrogens is 350 g/mol. The summed E-state index contributed by atoms with van der Waals surface area (Å²) in [6.07, 6.45) is 1.30. The van der Waals surface area contributed by atoms with E-state index in [4.69, 9.17) is 19.9 Å². The topological polar surface area (TPSA) is 64.0 Å². The molecule has 3 aromatic carbocycles. The quantitative estimate of drug-likeness (QED) is 0.602. The Morgan fingerprint density at radius 2 is 1.75 bits per heavy atom. The monoisotopic (exact) mass is 369 g/mol. The van der Waals surface area contributed by atoms with Crippen LogP contribution in [0.15, 0.2) is 88.5 Å². The van der Waals surface area contributed by atoms with E-state index in [1.165, 1.54) is 5.39 Å². The van der Waals surface area contributed by atoms with Gasteiger partial charge < -0.3 is 19.8 Å². The molecule has 2 heterocycles. The summed E-state index contributed by atoms with van der Waals surface area (Å²) in [5, 5.41) is 3.15. The summed E-state index contributed by atoms with van der Waals surface area (Å²) < 4.78 is 10.9. The fourth-order valence-corrected chi connectivity index (χ4v) is 3.64. The van der Waals surface area contributed by atoms with Crippen molar-refractivity contribution in [3.8, 4) is 5.75 Å². The van der Waals surface area contributed by atoms with Crippen molar-refractivity contribution in [1.29, 1.82) is 0 Å². The van der Waals surface area contributed by atoms with Crippen LogP contribution in [0.1, 0.15) is 11.7 Å². The molecule has 0 amide bonds. The molecule has 0 bridgehead atoms. The van der Waals surface area contributed by atoms with Crippen molar-refractivity contribution in [3.63, 3.8) is 0 Å². The van der Waals surface area contributed by atoms with Gasteiger partial charge in [-0.15, -0.1) is 0 Å². The normalized spacial score (nSPS) is 16.0. The molecule has 5 rings (SSSR count). The summed E-state index contributed by atoms with van der Waals surface area (Å²) in [5.74, 6) is 1.41. The fraction of sp³-hybridized carbons (Fsp3) is 0.0870. The van der Waals surface area contributed by atoms with E-state index >= 15 is 0 Å². The molecule has 0 saturated heterocycles. The van der Waals surface area contributed by atoms with Crippen LogP contribution >= 0.6 is 0 Å². The predicted octanol–water partition coefficient (Wildman–Crippen LogP) is 3.30. The van der Waals surface area contributed by atoms with Crippen LogP contribution in [0.2, 0.25) is 0 Å². The summed E-state index contributed by atoms with van der Waals surface area (Å²) >= 11 is 0. The molecule has 2 N–H and O–H groups in total. The van der Waals surface area contributed by atoms with Gasteiger partial charge in [0.15, 0.2) is 6.17 Å². The Bertz CT molecular complexity index is 1280. The van der Waals surface area contributed by atoms with Gasteiger partial charge in [-0.1, -0.05) is 36.4 Å². The van der Waals surface area contributed by atoms with E-state index in [1.54, 1.807) is 13.4 Å². The Morgan fingerprint density at radius 1 is 0.964 bits per heavy atom. The van der Waals surface area contributed by atoms with Gasteiger partial charge in [0, 0.05) is 5.69 Å². The lowest BCUT2D eigenvalue weighted by atomic mass is 10.0. The van der Waals surface area contributed by atoms with Gasteiger partial charge >= 0.3 is 0 Å². The Labute approximate surface area is 162 Å². The van der Waals surface area contributed by atoms with Crippen molar-refractivity contribution in [2.75, 3.05) is 12.0 Å². The number of anilines is 1. The molecule has 138 valence electrons. The maximum atomic E-state index is 6.57. The highest BCUT2D eigenvalue weighted by molar-refractivity contribution is 5.83. The zero-order valence-corrected chi connectivity index (χ0v) is 15.4. The summed E-state index contributed by atoms with van der Waals surface area (Å²) in [5.41, 5.74) is 9.10. The van der Waals surface area contributed by atoms with Crippen LogP contribution < -0.4 is 26.1 Å². The maximum absolute atomic E-state index is 6.57. The highest BCUT2D eigenvalue weighted by atomic mass is 16.5. The fourth-order valence-electron chi connectivity index (χ4n) is 3.64. The lowest BCUT2D eigenvalue weighted by Crippen LogP contribution is -2.43. The largest absolute Gasteiger partial charge is 0.497 e. The van der Waals surface area contributed by atoms with Crippen LogP contribution in [0.25, 0.3) is 16.6 Å². The first-order valence-electron chi connectivity index (χ1n) is 9.08. The maximum Gasteiger partial charge on any atom is 0.227 e. The smallest absolute Gasteiger partial charge is 0.227 e. The third-order valence-electron chi connectivity index (χ3n) is 5.09. The second-order valence-corrected chi connectivity index (χ2v) is 6.70. The molecule has 0 spiro atoms. The third kappa shape index (κ3) is 2.60. The number of hydrogen-bond acceptors (Lipinski definition) is 5. The molecule has 1 atom stereocenters. The minimum absolute atomic E-state index is 0.323. The SMILES string of the molecule is COc1ccc(N2C(N)=c3ccoc3=NC2c2ccc3ccccc3c2)cc1. The van der Waals surface area contributed by atoms with Gasteiger partial charge in [0.2, 0.25) is 5.55 Å². The Hall–Kier alpha value is -3.73. The molecule has 0 radical (unpaired) electrons.